The van der Waals surface area contributed by atoms with Gasteiger partial charge in [-0.05, 0) is 37.8 Å². The second-order valence-electron chi connectivity index (χ2n) is 4.38. The quantitative estimate of drug-likeness (QED) is 0.860. The van der Waals surface area contributed by atoms with Gasteiger partial charge in [-0.1, -0.05) is 12.1 Å². The first-order valence-corrected chi connectivity index (χ1v) is 6.94. The van der Waals surface area contributed by atoms with Crippen molar-refractivity contribution in [3.05, 3.63) is 35.6 Å². The summed E-state index contributed by atoms with van der Waals surface area (Å²) < 4.78 is 12.8. The van der Waals surface area contributed by atoms with Crippen LogP contribution >= 0.6 is 11.8 Å². The summed E-state index contributed by atoms with van der Waals surface area (Å²) in [5.41, 5.74) is -0.636. The number of carbonyl (C=O) groups is 1. The number of rotatable bonds is 5. The zero-order valence-electron chi connectivity index (χ0n) is 10.7. The van der Waals surface area contributed by atoms with Crippen molar-refractivity contribution in [2.45, 2.75) is 24.7 Å². The molecule has 3 nitrogen and oxygen atoms in total. The predicted octanol–water partition coefficient (Wildman–Crippen LogP) is 1.90. The van der Waals surface area contributed by atoms with Crippen molar-refractivity contribution in [1.82, 2.24) is 5.32 Å². The Bertz CT molecular complexity index is 406. The molecule has 0 aromatic heterocycles. The van der Waals surface area contributed by atoms with Gasteiger partial charge in [-0.15, -0.1) is 0 Å². The van der Waals surface area contributed by atoms with Crippen LogP contribution in [0.4, 0.5) is 4.39 Å². The first-order valence-electron chi connectivity index (χ1n) is 5.66. The van der Waals surface area contributed by atoms with Gasteiger partial charge in [0.1, 0.15) is 11.4 Å². The van der Waals surface area contributed by atoms with Gasteiger partial charge in [0.25, 0.3) is 0 Å². The highest BCUT2D eigenvalue weighted by Gasteiger charge is 2.24. The molecule has 1 rings (SSSR count). The van der Waals surface area contributed by atoms with E-state index in [1.54, 1.807) is 13.8 Å². The van der Waals surface area contributed by atoms with Crippen LogP contribution in [0.2, 0.25) is 0 Å². The van der Waals surface area contributed by atoms with Crippen LogP contribution in [0.15, 0.2) is 24.3 Å². The third-order valence-corrected chi connectivity index (χ3v) is 3.72. The molecule has 0 saturated heterocycles. The fourth-order valence-electron chi connectivity index (χ4n) is 1.42. The highest BCUT2D eigenvalue weighted by atomic mass is 32.2. The van der Waals surface area contributed by atoms with Crippen molar-refractivity contribution in [1.29, 1.82) is 0 Å². The monoisotopic (exact) mass is 271 g/mol. The molecule has 0 radical (unpaired) electrons. The van der Waals surface area contributed by atoms with E-state index in [1.165, 1.54) is 36.0 Å². The largest absolute Gasteiger partial charge is 0.384 e. The second-order valence-corrected chi connectivity index (χ2v) is 5.55. The molecule has 1 aromatic rings. The van der Waals surface area contributed by atoms with Crippen LogP contribution in [-0.2, 0) is 10.4 Å². The topological polar surface area (TPSA) is 49.3 Å². The van der Waals surface area contributed by atoms with Crippen LogP contribution in [0.3, 0.4) is 0 Å². The van der Waals surface area contributed by atoms with Gasteiger partial charge in [-0.25, -0.2) is 4.39 Å². The fourth-order valence-corrected chi connectivity index (χ4v) is 1.72. The van der Waals surface area contributed by atoms with Crippen molar-refractivity contribution in [3.63, 3.8) is 0 Å². The summed E-state index contributed by atoms with van der Waals surface area (Å²) in [4.78, 5) is 11.6. The SMILES string of the molecule is CSC(C)C(=O)NCC(C)(O)c1ccc(F)cc1. The van der Waals surface area contributed by atoms with Crippen LogP contribution in [-0.4, -0.2) is 29.1 Å². The number of nitrogens with one attached hydrogen (secondary N) is 1. The molecule has 0 aliphatic rings. The van der Waals surface area contributed by atoms with Gasteiger partial charge < -0.3 is 10.4 Å². The van der Waals surface area contributed by atoms with Gasteiger partial charge in [-0.3, -0.25) is 4.79 Å². The summed E-state index contributed by atoms with van der Waals surface area (Å²) in [6.07, 6.45) is 1.85. The van der Waals surface area contributed by atoms with Crippen LogP contribution < -0.4 is 5.32 Å². The highest BCUT2D eigenvalue weighted by Crippen LogP contribution is 2.20. The minimum atomic E-state index is -1.21. The molecule has 0 bridgehead atoms. The van der Waals surface area contributed by atoms with Crippen LogP contribution in [0.1, 0.15) is 19.4 Å². The minimum Gasteiger partial charge on any atom is -0.384 e. The summed E-state index contributed by atoms with van der Waals surface area (Å²) in [5.74, 6) is -0.473. The number of benzene rings is 1. The van der Waals surface area contributed by atoms with E-state index >= 15 is 0 Å². The number of halogens is 1. The molecule has 0 saturated carbocycles. The highest BCUT2D eigenvalue weighted by molar-refractivity contribution is 7.99. The summed E-state index contributed by atoms with van der Waals surface area (Å²) >= 11 is 1.44. The normalized spacial score (nSPS) is 15.8. The second kappa shape index (κ2) is 6.20. The maximum Gasteiger partial charge on any atom is 0.232 e. The summed E-state index contributed by atoms with van der Waals surface area (Å²) in [5, 5.41) is 12.8. The summed E-state index contributed by atoms with van der Waals surface area (Å²) in [6.45, 7) is 3.49. The van der Waals surface area contributed by atoms with Gasteiger partial charge in [0, 0.05) is 0 Å². The van der Waals surface area contributed by atoms with E-state index in [0.29, 0.717) is 5.56 Å². The predicted molar refractivity (Wildman–Crippen MR) is 72.0 cm³/mol. The summed E-state index contributed by atoms with van der Waals surface area (Å²) in [7, 11) is 0. The van der Waals surface area contributed by atoms with Crippen LogP contribution in [0.25, 0.3) is 0 Å². The third kappa shape index (κ3) is 3.99. The van der Waals surface area contributed by atoms with E-state index in [9.17, 15) is 14.3 Å². The molecule has 100 valence electrons. The number of aliphatic hydroxyl groups is 1. The van der Waals surface area contributed by atoms with Crippen molar-refractivity contribution in [2.75, 3.05) is 12.8 Å². The Kier molecular flexibility index (Phi) is 5.16. The maximum absolute atomic E-state index is 12.8. The zero-order chi connectivity index (χ0) is 13.8. The van der Waals surface area contributed by atoms with Gasteiger partial charge in [0.2, 0.25) is 5.91 Å². The lowest BCUT2D eigenvalue weighted by atomic mass is 9.96. The minimum absolute atomic E-state index is 0.0996. The first kappa shape index (κ1) is 15.0. The van der Waals surface area contributed by atoms with Gasteiger partial charge in [-0.2, -0.15) is 11.8 Å². The zero-order valence-corrected chi connectivity index (χ0v) is 11.6. The average Bonchev–Trinajstić information content (AvgIpc) is 2.35. The Morgan fingerprint density at radius 1 is 1.50 bits per heavy atom. The lowest BCUT2D eigenvalue weighted by Crippen LogP contribution is -2.41. The first-order chi connectivity index (χ1) is 8.36. The molecule has 0 spiro atoms. The molecule has 0 aliphatic carbocycles. The van der Waals surface area contributed by atoms with Crippen molar-refractivity contribution >= 4 is 17.7 Å². The van der Waals surface area contributed by atoms with E-state index < -0.39 is 5.60 Å². The average molecular weight is 271 g/mol. The van der Waals surface area contributed by atoms with Gasteiger partial charge in [0.15, 0.2) is 0 Å². The van der Waals surface area contributed by atoms with E-state index in [-0.39, 0.29) is 23.5 Å². The van der Waals surface area contributed by atoms with E-state index in [1.807, 2.05) is 6.26 Å². The number of hydrogen-bond acceptors (Lipinski definition) is 3. The van der Waals surface area contributed by atoms with Crippen molar-refractivity contribution in [3.8, 4) is 0 Å². The molecule has 1 aromatic carbocycles. The lowest BCUT2D eigenvalue weighted by Gasteiger charge is -2.25. The van der Waals surface area contributed by atoms with Crippen LogP contribution in [0, 0.1) is 5.82 Å². The molecule has 18 heavy (non-hydrogen) atoms. The van der Waals surface area contributed by atoms with Crippen molar-refractivity contribution < 1.29 is 14.3 Å². The van der Waals surface area contributed by atoms with Crippen molar-refractivity contribution in [2.24, 2.45) is 0 Å². The lowest BCUT2D eigenvalue weighted by molar-refractivity contribution is -0.121. The molecule has 0 fully saturated rings. The standard InChI is InChI=1S/C13H18FNO2S/c1-9(18-3)12(16)15-8-13(2,17)10-4-6-11(14)7-5-10/h4-7,9,17H,8H2,1-3H3,(H,15,16). The Morgan fingerprint density at radius 3 is 2.56 bits per heavy atom. The number of amides is 1. The Labute approximate surface area is 111 Å². The Balaban J connectivity index is 2.65. The number of carbonyl (C=O) groups excluding carboxylic acids is 1. The van der Waals surface area contributed by atoms with E-state index in [2.05, 4.69) is 5.32 Å². The molecule has 2 unspecified atom stereocenters. The molecule has 0 aliphatic heterocycles. The molecular weight excluding hydrogens is 253 g/mol. The molecule has 2 N–H and O–H groups in total. The van der Waals surface area contributed by atoms with E-state index in [0.717, 1.165) is 0 Å². The maximum atomic E-state index is 12.8. The van der Waals surface area contributed by atoms with Gasteiger partial charge >= 0.3 is 0 Å². The van der Waals surface area contributed by atoms with Gasteiger partial charge in [0.05, 0.1) is 11.8 Å². The molecule has 2 atom stereocenters. The van der Waals surface area contributed by atoms with Crippen LogP contribution in [0.5, 0.6) is 0 Å². The molecule has 0 heterocycles. The van der Waals surface area contributed by atoms with E-state index in [4.69, 9.17) is 0 Å². The fraction of sp³-hybridized carbons (Fsp3) is 0.462. The smallest absolute Gasteiger partial charge is 0.232 e. The number of hydrogen-bond donors (Lipinski definition) is 2. The Hall–Kier alpha value is -1.07. The molecular formula is C13H18FNO2S. The third-order valence-electron chi connectivity index (χ3n) is 2.80. The summed E-state index contributed by atoms with van der Waals surface area (Å²) in [6, 6.07) is 5.60. The Morgan fingerprint density at radius 2 is 2.06 bits per heavy atom. The molecule has 5 heteroatoms. The number of thioether (sulfide) groups is 1. The molecule has 1 amide bonds.